The normalized spacial score (nSPS) is 17.4. The van der Waals surface area contributed by atoms with Gasteiger partial charge in [-0.05, 0) is 50.8 Å². The minimum atomic E-state index is -0.0146. The maximum absolute atomic E-state index is 12.8. The lowest BCUT2D eigenvalue weighted by atomic mass is 10.0. The van der Waals surface area contributed by atoms with Crippen molar-refractivity contribution in [2.24, 2.45) is 4.99 Å². The van der Waals surface area contributed by atoms with Gasteiger partial charge < -0.3 is 23.9 Å². The van der Waals surface area contributed by atoms with Gasteiger partial charge in [-0.15, -0.1) is 0 Å². The average Bonchev–Trinajstić information content (AvgIpc) is 2.81. The quantitative estimate of drug-likeness (QED) is 0.552. The second-order valence-electron chi connectivity index (χ2n) is 7.51. The molecule has 2 aromatic rings. The summed E-state index contributed by atoms with van der Waals surface area (Å²) >= 11 is 0. The van der Waals surface area contributed by atoms with Crippen molar-refractivity contribution in [3.8, 4) is 11.5 Å². The monoisotopic (exact) mass is 428 g/mol. The van der Waals surface area contributed by atoms with E-state index >= 15 is 0 Å². The number of allylic oxidation sites excluding steroid dienone is 1. The number of hydrogen-bond donors (Lipinski definition) is 1. The molecule has 1 aromatic carbocycles. The van der Waals surface area contributed by atoms with E-state index in [2.05, 4.69) is 22.5 Å². The Morgan fingerprint density at radius 2 is 1.94 bits per heavy atom. The van der Waals surface area contributed by atoms with E-state index in [9.17, 15) is 4.79 Å². The molecule has 1 N–H and O–H groups in total. The molecule has 0 bridgehead atoms. The number of aryl methyl sites for hydroxylation is 1. The Hall–Kier alpha value is -2.64. The summed E-state index contributed by atoms with van der Waals surface area (Å²) in [5.74, 6) is 1.06. The van der Waals surface area contributed by atoms with E-state index in [-0.39, 0.29) is 11.5 Å². The van der Waals surface area contributed by atoms with Gasteiger partial charge in [0.15, 0.2) is 16.9 Å². The Morgan fingerprint density at radius 3 is 2.71 bits per heavy atom. The number of nitrogens with zero attached hydrogens (tertiary/aromatic N) is 1. The Labute approximate surface area is 183 Å². The van der Waals surface area contributed by atoms with Crippen LogP contribution in [-0.2, 0) is 11.2 Å². The molecule has 168 valence electrons. The summed E-state index contributed by atoms with van der Waals surface area (Å²) in [5.41, 5.74) is 2.20. The van der Waals surface area contributed by atoms with Gasteiger partial charge in [0.1, 0.15) is 5.58 Å². The lowest BCUT2D eigenvalue weighted by Crippen LogP contribution is -2.25. The third-order valence-corrected chi connectivity index (χ3v) is 5.48. The molecule has 1 aliphatic rings. The molecule has 1 atom stereocenters. The minimum absolute atomic E-state index is 0.0146. The van der Waals surface area contributed by atoms with Gasteiger partial charge in [-0.1, -0.05) is 6.08 Å². The Morgan fingerprint density at radius 1 is 1.13 bits per heavy atom. The van der Waals surface area contributed by atoms with Crippen LogP contribution in [0.4, 0.5) is 0 Å². The smallest absolute Gasteiger partial charge is 0.195 e. The first kappa shape index (κ1) is 23.0. The molecule has 7 heteroatoms. The molecular weight excluding hydrogens is 396 g/mol. The summed E-state index contributed by atoms with van der Waals surface area (Å²) in [6.45, 7) is 2.45. The molecule has 1 heterocycles. The molecular formula is C24H32N2O5. The van der Waals surface area contributed by atoms with Crippen LogP contribution in [0.2, 0.25) is 0 Å². The van der Waals surface area contributed by atoms with Crippen LogP contribution in [-0.4, -0.2) is 52.8 Å². The van der Waals surface area contributed by atoms with Gasteiger partial charge in [-0.3, -0.25) is 9.79 Å². The number of unbranched alkanes of at least 4 members (excludes halogenated alkanes) is 1. The predicted octanol–water partition coefficient (Wildman–Crippen LogP) is 3.53. The summed E-state index contributed by atoms with van der Waals surface area (Å²) in [6.07, 6.45) is 10.5. The number of hydrogen-bond acceptors (Lipinski definition) is 7. The standard InChI is InChI=1S/C24H32N2O5/c1-28-20-10-5-4-9-19(20)26-13-12-25-11-7-6-8-17-16-31-21-15-23(30-3)22(29-2)14-18(21)24(17)27/h4,9,14-16,20,25H,5-8,10-13H2,1-3H3. The number of benzene rings is 1. The fourth-order valence-corrected chi connectivity index (χ4v) is 3.72. The lowest BCUT2D eigenvalue weighted by molar-refractivity contribution is 0.148. The van der Waals surface area contributed by atoms with Crippen molar-refractivity contribution in [2.45, 2.75) is 38.2 Å². The average molecular weight is 429 g/mol. The number of nitrogens with one attached hydrogen (secondary N) is 1. The van der Waals surface area contributed by atoms with E-state index in [1.807, 2.05) is 0 Å². The van der Waals surface area contributed by atoms with Crippen LogP contribution in [0.25, 0.3) is 11.0 Å². The molecule has 1 aliphatic carbocycles. The Balaban J connectivity index is 1.44. The number of rotatable bonds is 11. The fourth-order valence-electron chi connectivity index (χ4n) is 3.72. The molecule has 0 spiro atoms. The SMILES string of the molecule is COc1cc2occ(CCCCNCCN=C3C=CCCC3OC)c(=O)c2cc1OC. The molecule has 0 fully saturated rings. The van der Waals surface area contributed by atoms with Crippen molar-refractivity contribution in [1.82, 2.24) is 5.32 Å². The highest BCUT2D eigenvalue weighted by atomic mass is 16.5. The number of aliphatic imine (C=N–C) groups is 1. The van der Waals surface area contributed by atoms with Crippen molar-refractivity contribution in [2.75, 3.05) is 41.0 Å². The zero-order valence-electron chi connectivity index (χ0n) is 18.6. The van der Waals surface area contributed by atoms with Crippen LogP contribution >= 0.6 is 0 Å². The zero-order valence-corrected chi connectivity index (χ0v) is 18.6. The molecule has 1 unspecified atom stereocenters. The van der Waals surface area contributed by atoms with Crippen LogP contribution in [0.15, 0.2) is 44.8 Å². The van der Waals surface area contributed by atoms with Crippen LogP contribution in [0.5, 0.6) is 11.5 Å². The summed E-state index contributed by atoms with van der Waals surface area (Å²) in [5, 5.41) is 3.92. The van der Waals surface area contributed by atoms with Gasteiger partial charge in [0, 0.05) is 25.3 Å². The molecule has 0 amide bonds. The fraction of sp³-hybridized carbons (Fsp3) is 0.500. The van der Waals surface area contributed by atoms with Gasteiger partial charge in [0.25, 0.3) is 0 Å². The van der Waals surface area contributed by atoms with Gasteiger partial charge in [0.05, 0.1) is 44.2 Å². The summed E-state index contributed by atoms with van der Waals surface area (Å²) < 4.78 is 21.7. The van der Waals surface area contributed by atoms with Crippen molar-refractivity contribution >= 4 is 16.7 Å². The van der Waals surface area contributed by atoms with Crippen LogP contribution in [0.3, 0.4) is 0 Å². The van der Waals surface area contributed by atoms with E-state index in [0.717, 1.165) is 51.0 Å². The van der Waals surface area contributed by atoms with Crippen LogP contribution in [0, 0.1) is 0 Å². The topological polar surface area (TPSA) is 82.3 Å². The summed E-state index contributed by atoms with van der Waals surface area (Å²) in [6, 6.07) is 3.37. The molecule has 0 saturated heterocycles. The van der Waals surface area contributed by atoms with Gasteiger partial charge in [0.2, 0.25) is 0 Å². The maximum Gasteiger partial charge on any atom is 0.195 e. The third kappa shape index (κ3) is 5.95. The van der Waals surface area contributed by atoms with E-state index in [0.29, 0.717) is 34.5 Å². The largest absolute Gasteiger partial charge is 0.493 e. The molecule has 1 aromatic heterocycles. The van der Waals surface area contributed by atoms with Crippen molar-refractivity contribution < 1.29 is 18.6 Å². The number of fused-ring (bicyclic) bond motifs is 1. The molecule has 0 saturated carbocycles. The van der Waals surface area contributed by atoms with Gasteiger partial charge >= 0.3 is 0 Å². The maximum atomic E-state index is 12.8. The molecule has 0 radical (unpaired) electrons. The van der Waals surface area contributed by atoms with E-state index in [4.69, 9.17) is 18.6 Å². The highest BCUT2D eigenvalue weighted by Crippen LogP contribution is 2.31. The molecule has 3 rings (SSSR count). The second-order valence-corrected chi connectivity index (χ2v) is 7.51. The van der Waals surface area contributed by atoms with E-state index in [1.165, 1.54) is 0 Å². The first-order valence-corrected chi connectivity index (χ1v) is 10.8. The summed E-state index contributed by atoms with van der Waals surface area (Å²) in [4.78, 5) is 17.4. The van der Waals surface area contributed by atoms with Crippen molar-refractivity contribution in [1.29, 1.82) is 0 Å². The highest BCUT2D eigenvalue weighted by Gasteiger charge is 2.15. The first-order valence-electron chi connectivity index (χ1n) is 10.8. The number of methoxy groups -OCH3 is 3. The van der Waals surface area contributed by atoms with Crippen LogP contribution < -0.4 is 20.2 Å². The van der Waals surface area contributed by atoms with Crippen molar-refractivity contribution in [3.05, 3.63) is 46.3 Å². The summed E-state index contributed by atoms with van der Waals surface area (Å²) in [7, 11) is 4.84. The predicted molar refractivity (Wildman–Crippen MR) is 123 cm³/mol. The highest BCUT2D eigenvalue weighted by molar-refractivity contribution is 5.99. The van der Waals surface area contributed by atoms with Crippen molar-refractivity contribution in [3.63, 3.8) is 0 Å². The van der Waals surface area contributed by atoms with Crippen LogP contribution in [0.1, 0.15) is 31.2 Å². The first-order chi connectivity index (χ1) is 15.2. The minimum Gasteiger partial charge on any atom is -0.493 e. The van der Waals surface area contributed by atoms with Gasteiger partial charge in [-0.25, -0.2) is 0 Å². The molecule has 31 heavy (non-hydrogen) atoms. The second kappa shape index (κ2) is 11.7. The third-order valence-electron chi connectivity index (χ3n) is 5.48. The number of ether oxygens (including phenoxy) is 3. The zero-order chi connectivity index (χ0) is 22.1. The molecule has 7 nitrogen and oxygen atoms in total. The lowest BCUT2D eigenvalue weighted by Gasteiger charge is -2.18. The van der Waals surface area contributed by atoms with Gasteiger partial charge in [-0.2, -0.15) is 0 Å². The Kier molecular flexibility index (Phi) is 8.67. The Bertz CT molecular complexity index is 980. The molecule has 0 aliphatic heterocycles. The van der Waals surface area contributed by atoms with E-state index < -0.39 is 0 Å². The van der Waals surface area contributed by atoms with E-state index in [1.54, 1.807) is 39.7 Å².